The van der Waals surface area contributed by atoms with Gasteiger partial charge >= 0.3 is 0 Å². The van der Waals surface area contributed by atoms with Crippen molar-refractivity contribution in [3.63, 3.8) is 0 Å². The molecular formula is C22H22FN5O. The number of Topliss-reactive ketones (excluding diaryl/α,β-unsaturated/α-hetero) is 1. The Labute approximate surface area is 168 Å². The third-order valence-corrected chi connectivity index (χ3v) is 5.78. The molecular weight excluding hydrogens is 369 g/mol. The SMILES string of the molecule is O=C(Cc1cc2cc(-c3cncc(NCC4(F)CCC4)n3)cnc2cn1)C1CC1. The summed E-state index contributed by atoms with van der Waals surface area (Å²) < 4.78 is 14.2. The molecule has 0 unspecified atom stereocenters. The molecule has 0 bridgehead atoms. The lowest BCUT2D eigenvalue weighted by atomic mass is 9.82. The Balaban J connectivity index is 1.37. The van der Waals surface area contributed by atoms with E-state index in [2.05, 4.69) is 25.3 Å². The summed E-state index contributed by atoms with van der Waals surface area (Å²) in [4.78, 5) is 29.7. The number of pyridine rings is 2. The van der Waals surface area contributed by atoms with Crippen molar-refractivity contribution < 1.29 is 9.18 Å². The highest BCUT2D eigenvalue weighted by molar-refractivity contribution is 5.87. The van der Waals surface area contributed by atoms with Gasteiger partial charge in [-0.3, -0.25) is 19.7 Å². The van der Waals surface area contributed by atoms with Gasteiger partial charge in [0.25, 0.3) is 0 Å². The van der Waals surface area contributed by atoms with Crippen molar-refractivity contribution in [3.05, 3.63) is 42.6 Å². The van der Waals surface area contributed by atoms with Gasteiger partial charge in [0.2, 0.25) is 0 Å². The van der Waals surface area contributed by atoms with Crippen molar-refractivity contribution in [2.75, 3.05) is 11.9 Å². The van der Waals surface area contributed by atoms with Crippen LogP contribution in [-0.4, -0.2) is 37.9 Å². The molecule has 0 aromatic carbocycles. The molecule has 2 aliphatic carbocycles. The first-order valence-corrected chi connectivity index (χ1v) is 10.1. The number of nitrogens with one attached hydrogen (secondary N) is 1. The summed E-state index contributed by atoms with van der Waals surface area (Å²) in [6.07, 6.45) is 11.2. The molecule has 0 saturated heterocycles. The minimum absolute atomic E-state index is 0.228. The number of aromatic nitrogens is 4. The van der Waals surface area contributed by atoms with E-state index in [0.717, 1.165) is 41.4 Å². The van der Waals surface area contributed by atoms with Crippen molar-refractivity contribution in [3.8, 4) is 11.3 Å². The Hall–Kier alpha value is -2.96. The molecule has 2 saturated carbocycles. The van der Waals surface area contributed by atoms with Crippen molar-refractivity contribution >= 4 is 22.5 Å². The lowest BCUT2D eigenvalue weighted by molar-refractivity contribution is -0.119. The summed E-state index contributed by atoms with van der Waals surface area (Å²) in [5.74, 6) is 1.05. The number of anilines is 1. The molecule has 3 heterocycles. The van der Waals surface area contributed by atoms with Gasteiger partial charge in [-0.05, 0) is 44.2 Å². The molecule has 5 rings (SSSR count). The van der Waals surface area contributed by atoms with E-state index in [1.165, 1.54) is 0 Å². The van der Waals surface area contributed by atoms with Crippen LogP contribution in [0, 0.1) is 5.92 Å². The first-order chi connectivity index (χ1) is 14.1. The maximum atomic E-state index is 14.2. The van der Waals surface area contributed by atoms with Crippen LogP contribution in [0.1, 0.15) is 37.8 Å². The number of fused-ring (bicyclic) bond motifs is 1. The van der Waals surface area contributed by atoms with Crippen LogP contribution in [-0.2, 0) is 11.2 Å². The van der Waals surface area contributed by atoms with E-state index in [1.54, 1.807) is 24.8 Å². The molecule has 2 aliphatic rings. The van der Waals surface area contributed by atoms with E-state index in [9.17, 15) is 9.18 Å². The zero-order valence-electron chi connectivity index (χ0n) is 16.1. The monoisotopic (exact) mass is 391 g/mol. The van der Waals surface area contributed by atoms with Crippen LogP contribution in [0.15, 0.2) is 36.9 Å². The van der Waals surface area contributed by atoms with E-state index in [-0.39, 0.29) is 18.2 Å². The molecule has 2 fully saturated rings. The van der Waals surface area contributed by atoms with Gasteiger partial charge in [-0.1, -0.05) is 0 Å². The number of hydrogen-bond acceptors (Lipinski definition) is 6. The number of alkyl halides is 1. The number of nitrogens with zero attached hydrogens (tertiary/aromatic N) is 4. The summed E-state index contributed by atoms with van der Waals surface area (Å²) in [6, 6.07) is 3.90. The van der Waals surface area contributed by atoms with Crippen molar-refractivity contribution in [2.24, 2.45) is 5.92 Å². The lowest BCUT2D eigenvalue weighted by Crippen LogP contribution is -2.39. The number of rotatable bonds is 7. The maximum Gasteiger partial charge on any atom is 0.145 e. The molecule has 1 N–H and O–H groups in total. The highest BCUT2D eigenvalue weighted by Gasteiger charge is 2.36. The topological polar surface area (TPSA) is 80.7 Å². The van der Waals surface area contributed by atoms with E-state index in [1.807, 2.05) is 12.1 Å². The minimum atomic E-state index is -1.12. The van der Waals surface area contributed by atoms with Gasteiger partial charge < -0.3 is 5.32 Å². The Morgan fingerprint density at radius 1 is 1.14 bits per heavy atom. The Bertz CT molecular complexity index is 1080. The quantitative estimate of drug-likeness (QED) is 0.658. The maximum absolute atomic E-state index is 14.2. The minimum Gasteiger partial charge on any atom is -0.366 e. The van der Waals surface area contributed by atoms with Gasteiger partial charge in [-0.2, -0.15) is 0 Å². The van der Waals surface area contributed by atoms with Crippen molar-refractivity contribution in [2.45, 2.75) is 44.2 Å². The zero-order valence-corrected chi connectivity index (χ0v) is 16.1. The molecule has 0 radical (unpaired) electrons. The smallest absolute Gasteiger partial charge is 0.145 e. The van der Waals surface area contributed by atoms with Crippen LogP contribution < -0.4 is 5.32 Å². The molecule has 148 valence electrons. The average molecular weight is 391 g/mol. The Kier molecular flexibility index (Phi) is 4.45. The van der Waals surface area contributed by atoms with Gasteiger partial charge in [-0.25, -0.2) is 9.37 Å². The van der Waals surface area contributed by atoms with Crippen LogP contribution in [0.5, 0.6) is 0 Å². The number of ketones is 1. The van der Waals surface area contributed by atoms with Crippen LogP contribution in [0.3, 0.4) is 0 Å². The zero-order chi connectivity index (χ0) is 19.8. The molecule has 3 aromatic heterocycles. The number of carbonyl (C=O) groups excluding carboxylic acids is 1. The van der Waals surface area contributed by atoms with E-state index in [0.29, 0.717) is 30.8 Å². The second-order valence-electron chi connectivity index (χ2n) is 8.16. The van der Waals surface area contributed by atoms with E-state index in [4.69, 9.17) is 0 Å². The number of halogens is 1. The predicted molar refractivity (Wildman–Crippen MR) is 108 cm³/mol. The van der Waals surface area contributed by atoms with Crippen LogP contribution in [0.25, 0.3) is 22.2 Å². The second-order valence-corrected chi connectivity index (χ2v) is 8.16. The first-order valence-electron chi connectivity index (χ1n) is 10.1. The van der Waals surface area contributed by atoms with Crippen molar-refractivity contribution in [1.29, 1.82) is 0 Å². The largest absolute Gasteiger partial charge is 0.366 e. The molecule has 29 heavy (non-hydrogen) atoms. The predicted octanol–water partition coefficient (Wildman–Crippen LogP) is 3.91. The Morgan fingerprint density at radius 3 is 2.76 bits per heavy atom. The highest BCUT2D eigenvalue weighted by atomic mass is 19.1. The standard InChI is InChI=1S/C22H22FN5O/c23-22(4-1-5-22)13-27-21-12-24-10-19(28-21)16-6-15-7-17(8-20(29)14-2-3-14)25-11-18(15)26-9-16/h6-7,9-12,14H,1-5,8,13H2,(H,27,28). The van der Waals surface area contributed by atoms with E-state index < -0.39 is 5.67 Å². The molecule has 0 amide bonds. The van der Waals surface area contributed by atoms with Gasteiger partial charge in [0.1, 0.15) is 17.3 Å². The third-order valence-electron chi connectivity index (χ3n) is 5.78. The molecule has 0 spiro atoms. The van der Waals surface area contributed by atoms with Gasteiger partial charge in [-0.15, -0.1) is 0 Å². The molecule has 3 aromatic rings. The Morgan fingerprint density at radius 2 is 2.00 bits per heavy atom. The van der Waals surface area contributed by atoms with E-state index >= 15 is 0 Å². The summed E-state index contributed by atoms with van der Waals surface area (Å²) >= 11 is 0. The summed E-state index contributed by atoms with van der Waals surface area (Å²) in [5, 5.41) is 3.98. The first kappa shape index (κ1) is 18.1. The summed E-state index contributed by atoms with van der Waals surface area (Å²) in [7, 11) is 0. The van der Waals surface area contributed by atoms with Gasteiger partial charge in [0.15, 0.2) is 0 Å². The van der Waals surface area contributed by atoms with Crippen LogP contribution in [0.2, 0.25) is 0 Å². The molecule has 0 aliphatic heterocycles. The second kappa shape index (κ2) is 7.13. The normalized spacial score (nSPS) is 17.7. The van der Waals surface area contributed by atoms with Crippen LogP contribution >= 0.6 is 0 Å². The fourth-order valence-electron chi connectivity index (χ4n) is 3.62. The fourth-order valence-corrected chi connectivity index (χ4v) is 3.62. The van der Waals surface area contributed by atoms with Gasteiger partial charge in [0, 0.05) is 35.2 Å². The molecule has 6 nitrogen and oxygen atoms in total. The lowest BCUT2D eigenvalue weighted by Gasteiger charge is -2.33. The molecule has 0 atom stereocenters. The van der Waals surface area contributed by atoms with Gasteiger partial charge in [0.05, 0.1) is 36.3 Å². The number of carbonyl (C=O) groups is 1. The van der Waals surface area contributed by atoms with Crippen LogP contribution in [0.4, 0.5) is 10.2 Å². The third kappa shape index (κ3) is 3.95. The average Bonchev–Trinajstić information content (AvgIpc) is 3.56. The summed E-state index contributed by atoms with van der Waals surface area (Å²) in [5.41, 5.74) is 1.89. The number of hydrogen-bond donors (Lipinski definition) is 1. The molecule has 7 heteroatoms. The fraction of sp³-hybridized carbons (Fsp3) is 0.409. The summed E-state index contributed by atoms with van der Waals surface area (Å²) in [6.45, 7) is 0.255. The highest BCUT2D eigenvalue weighted by Crippen LogP contribution is 2.35. The van der Waals surface area contributed by atoms with Crippen molar-refractivity contribution in [1.82, 2.24) is 19.9 Å².